The average molecular weight is 162 g/mol. The van der Waals surface area contributed by atoms with Crippen molar-refractivity contribution in [3.63, 3.8) is 0 Å². The maximum atomic E-state index is 10.3. The number of methoxy groups -OCH3 is 1. The Kier molecular flexibility index (Phi) is 3.08. The van der Waals surface area contributed by atoms with Crippen molar-refractivity contribution in [1.82, 2.24) is 0 Å². The third-order valence-corrected chi connectivity index (χ3v) is 1.46. The SMILES string of the molecule is COC(C=O)=Cc1ccccc1. The fourth-order valence-electron chi connectivity index (χ4n) is 0.855. The highest BCUT2D eigenvalue weighted by Crippen LogP contribution is 2.04. The Morgan fingerprint density at radius 2 is 2.00 bits per heavy atom. The number of benzene rings is 1. The Hall–Kier alpha value is -1.57. The largest absolute Gasteiger partial charge is 0.493 e. The first kappa shape index (κ1) is 8.53. The minimum Gasteiger partial charge on any atom is -0.493 e. The Morgan fingerprint density at radius 3 is 2.50 bits per heavy atom. The number of allylic oxidation sites excluding steroid dienone is 1. The molecule has 0 fully saturated rings. The van der Waals surface area contributed by atoms with Crippen LogP contribution in [0.2, 0.25) is 0 Å². The van der Waals surface area contributed by atoms with Crippen molar-refractivity contribution in [1.29, 1.82) is 0 Å². The Labute approximate surface area is 71.5 Å². The van der Waals surface area contributed by atoms with E-state index in [1.54, 1.807) is 6.08 Å². The molecule has 1 rings (SSSR count). The van der Waals surface area contributed by atoms with E-state index in [2.05, 4.69) is 0 Å². The zero-order chi connectivity index (χ0) is 8.81. The highest BCUT2D eigenvalue weighted by molar-refractivity contribution is 5.78. The molecule has 12 heavy (non-hydrogen) atoms. The molecule has 0 saturated carbocycles. The van der Waals surface area contributed by atoms with Gasteiger partial charge in [-0.2, -0.15) is 0 Å². The number of hydrogen-bond donors (Lipinski definition) is 0. The Bertz CT molecular complexity index is 275. The molecule has 0 aliphatic heterocycles. The van der Waals surface area contributed by atoms with Crippen molar-refractivity contribution < 1.29 is 9.53 Å². The van der Waals surface area contributed by atoms with E-state index in [0.29, 0.717) is 12.0 Å². The van der Waals surface area contributed by atoms with Crippen molar-refractivity contribution >= 4 is 12.4 Å². The van der Waals surface area contributed by atoms with Gasteiger partial charge in [0.15, 0.2) is 12.0 Å². The first-order valence-electron chi connectivity index (χ1n) is 3.62. The van der Waals surface area contributed by atoms with Gasteiger partial charge in [-0.15, -0.1) is 0 Å². The van der Waals surface area contributed by atoms with Gasteiger partial charge < -0.3 is 4.74 Å². The summed E-state index contributed by atoms with van der Waals surface area (Å²) in [5.41, 5.74) is 0.960. The van der Waals surface area contributed by atoms with Crippen LogP contribution < -0.4 is 0 Å². The lowest BCUT2D eigenvalue weighted by Gasteiger charge is -1.96. The molecule has 2 heteroatoms. The van der Waals surface area contributed by atoms with Gasteiger partial charge in [0.25, 0.3) is 0 Å². The molecule has 0 bridgehead atoms. The van der Waals surface area contributed by atoms with Gasteiger partial charge in [-0.3, -0.25) is 4.79 Å². The molecule has 0 unspecified atom stereocenters. The lowest BCUT2D eigenvalue weighted by atomic mass is 10.2. The number of ether oxygens (including phenoxy) is 1. The number of carbonyl (C=O) groups is 1. The van der Waals surface area contributed by atoms with Crippen LogP contribution in [0.1, 0.15) is 5.56 Å². The first-order valence-corrected chi connectivity index (χ1v) is 3.62. The van der Waals surface area contributed by atoms with Crippen LogP contribution in [0, 0.1) is 0 Å². The van der Waals surface area contributed by atoms with Gasteiger partial charge in [0.2, 0.25) is 0 Å². The summed E-state index contributed by atoms with van der Waals surface area (Å²) in [5.74, 6) is 0.334. The highest BCUT2D eigenvalue weighted by atomic mass is 16.5. The molecule has 2 nitrogen and oxygen atoms in total. The number of aldehydes is 1. The molecule has 1 aromatic rings. The second-order valence-corrected chi connectivity index (χ2v) is 2.28. The maximum Gasteiger partial charge on any atom is 0.184 e. The van der Waals surface area contributed by atoms with E-state index in [4.69, 9.17) is 4.74 Å². The highest BCUT2D eigenvalue weighted by Gasteiger charge is 1.91. The predicted octanol–water partition coefficient (Wildman–Crippen LogP) is 1.87. The monoisotopic (exact) mass is 162 g/mol. The normalized spacial score (nSPS) is 10.9. The van der Waals surface area contributed by atoms with Crippen LogP contribution in [-0.4, -0.2) is 13.4 Å². The Morgan fingerprint density at radius 1 is 1.33 bits per heavy atom. The summed E-state index contributed by atoms with van der Waals surface area (Å²) in [6, 6.07) is 9.55. The molecule has 0 atom stereocenters. The first-order chi connectivity index (χ1) is 5.86. The van der Waals surface area contributed by atoms with Gasteiger partial charge in [0, 0.05) is 0 Å². The smallest absolute Gasteiger partial charge is 0.184 e. The number of rotatable bonds is 3. The molecule has 0 radical (unpaired) electrons. The van der Waals surface area contributed by atoms with Crippen LogP contribution in [0.15, 0.2) is 36.1 Å². The molecule has 0 spiro atoms. The molecule has 0 N–H and O–H groups in total. The zero-order valence-corrected chi connectivity index (χ0v) is 6.86. The molecule has 0 amide bonds. The van der Waals surface area contributed by atoms with Gasteiger partial charge in [0.05, 0.1) is 7.11 Å². The molecule has 0 aliphatic carbocycles. The molecule has 0 saturated heterocycles. The summed E-state index contributed by atoms with van der Waals surface area (Å²) in [5, 5.41) is 0. The second kappa shape index (κ2) is 4.34. The van der Waals surface area contributed by atoms with Crippen LogP contribution in [0.5, 0.6) is 0 Å². The molecule has 0 aliphatic rings. The standard InChI is InChI=1S/C10H10O2/c1-12-10(8-11)7-9-5-3-2-4-6-9/h2-8H,1H3. The third kappa shape index (κ3) is 2.23. The van der Waals surface area contributed by atoms with E-state index in [-0.39, 0.29) is 0 Å². The van der Waals surface area contributed by atoms with Crippen molar-refractivity contribution in [3.8, 4) is 0 Å². The average Bonchev–Trinajstić information content (AvgIpc) is 2.16. The van der Waals surface area contributed by atoms with E-state index in [0.717, 1.165) is 5.56 Å². The minimum atomic E-state index is 0.334. The van der Waals surface area contributed by atoms with Gasteiger partial charge in [-0.1, -0.05) is 30.3 Å². The van der Waals surface area contributed by atoms with Crippen molar-refractivity contribution in [2.45, 2.75) is 0 Å². The van der Waals surface area contributed by atoms with Gasteiger partial charge in [-0.25, -0.2) is 0 Å². The molecule has 62 valence electrons. The summed E-state index contributed by atoms with van der Waals surface area (Å²) in [6.45, 7) is 0. The van der Waals surface area contributed by atoms with Crippen LogP contribution in [0.25, 0.3) is 6.08 Å². The topological polar surface area (TPSA) is 26.3 Å². The van der Waals surface area contributed by atoms with Crippen LogP contribution >= 0.6 is 0 Å². The van der Waals surface area contributed by atoms with Crippen LogP contribution in [-0.2, 0) is 9.53 Å². The lowest BCUT2D eigenvalue weighted by Crippen LogP contribution is -1.86. The molecular weight excluding hydrogens is 152 g/mol. The maximum absolute atomic E-state index is 10.3. The Balaban J connectivity index is 2.86. The quantitative estimate of drug-likeness (QED) is 0.385. The summed E-state index contributed by atoms with van der Waals surface area (Å²) < 4.78 is 4.80. The van der Waals surface area contributed by atoms with E-state index in [1.807, 2.05) is 30.3 Å². The van der Waals surface area contributed by atoms with Crippen molar-refractivity contribution in [2.24, 2.45) is 0 Å². The fraction of sp³-hybridized carbons (Fsp3) is 0.100. The van der Waals surface area contributed by atoms with Gasteiger partial charge in [-0.05, 0) is 11.6 Å². The third-order valence-electron chi connectivity index (χ3n) is 1.46. The number of carbonyl (C=O) groups excluding carboxylic acids is 1. The second-order valence-electron chi connectivity index (χ2n) is 2.28. The summed E-state index contributed by atoms with van der Waals surface area (Å²) >= 11 is 0. The molecule has 0 aromatic heterocycles. The number of hydrogen-bond acceptors (Lipinski definition) is 2. The predicted molar refractivity (Wildman–Crippen MR) is 47.5 cm³/mol. The molecule has 1 aromatic carbocycles. The van der Waals surface area contributed by atoms with Crippen molar-refractivity contribution in [2.75, 3.05) is 7.11 Å². The minimum absolute atomic E-state index is 0.334. The molecule has 0 heterocycles. The summed E-state index contributed by atoms with van der Waals surface area (Å²) in [4.78, 5) is 10.3. The fourth-order valence-corrected chi connectivity index (χ4v) is 0.855. The van der Waals surface area contributed by atoms with Gasteiger partial charge in [0.1, 0.15) is 0 Å². The summed E-state index contributed by atoms with van der Waals surface area (Å²) in [6.07, 6.45) is 2.38. The van der Waals surface area contributed by atoms with E-state index in [9.17, 15) is 4.79 Å². The van der Waals surface area contributed by atoms with Crippen LogP contribution in [0.3, 0.4) is 0 Å². The van der Waals surface area contributed by atoms with E-state index >= 15 is 0 Å². The van der Waals surface area contributed by atoms with Crippen LogP contribution in [0.4, 0.5) is 0 Å². The molecular formula is C10H10O2. The van der Waals surface area contributed by atoms with E-state index in [1.165, 1.54) is 7.11 Å². The van der Waals surface area contributed by atoms with Gasteiger partial charge >= 0.3 is 0 Å². The lowest BCUT2D eigenvalue weighted by molar-refractivity contribution is -0.107. The summed E-state index contributed by atoms with van der Waals surface area (Å²) in [7, 11) is 1.48. The van der Waals surface area contributed by atoms with E-state index < -0.39 is 0 Å². The van der Waals surface area contributed by atoms with Crippen molar-refractivity contribution in [3.05, 3.63) is 41.7 Å². The zero-order valence-electron chi connectivity index (χ0n) is 6.86.